The van der Waals surface area contributed by atoms with Crippen molar-refractivity contribution in [3.05, 3.63) is 89.1 Å². The van der Waals surface area contributed by atoms with E-state index < -0.39 is 5.60 Å². The van der Waals surface area contributed by atoms with Crippen LogP contribution in [0.3, 0.4) is 0 Å². The maximum atomic E-state index is 13.1. The van der Waals surface area contributed by atoms with Gasteiger partial charge in [0.1, 0.15) is 11.4 Å². The molecule has 0 saturated carbocycles. The Morgan fingerprint density at radius 1 is 0.930 bits per heavy atom. The van der Waals surface area contributed by atoms with Crippen molar-refractivity contribution in [2.75, 3.05) is 27.3 Å². The number of aromatic nitrogens is 1. The van der Waals surface area contributed by atoms with E-state index in [0.717, 1.165) is 29.0 Å². The molecule has 1 aromatic heterocycles. The molecule has 1 saturated heterocycles. The molecule has 1 fully saturated rings. The van der Waals surface area contributed by atoms with Crippen molar-refractivity contribution in [2.45, 2.75) is 62.7 Å². The van der Waals surface area contributed by atoms with Crippen LogP contribution in [-0.2, 0) is 9.47 Å². The summed E-state index contributed by atoms with van der Waals surface area (Å²) in [6, 6.07) is 20.3. The third-order valence-electron chi connectivity index (χ3n) is 7.91. The molecule has 8 heteroatoms. The molecule has 5 rings (SSSR count). The van der Waals surface area contributed by atoms with Gasteiger partial charge < -0.3 is 23.7 Å². The summed E-state index contributed by atoms with van der Waals surface area (Å²) in [5.41, 5.74) is 5.66. The molecule has 1 amide bonds. The number of rotatable bonds is 6. The Morgan fingerprint density at radius 3 is 2.33 bits per heavy atom. The van der Waals surface area contributed by atoms with Crippen LogP contribution in [0.5, 0.6) is 5.75 Å². The number of aryl methyl sites for hydroxylation is 2. The van der Waals surface area contributed by atoms with Crippen LogP contribution in [0.4, 0.5) is 4.79 Å². The number of ether oxygens (including phenoxy) is 3. The zero-order chi connectivity index (χ0) is 30.9. The first-order valence-corrected chi connectivity index (χ1v) is 15.5. The summed E-state index contributed by atoms with van der Waals surface area (Å²) in [4.78, 5) is 28.2. The lowest BCUT2D eigenvalue weighted by Crippen LogP contribution is -2.46. The van der Waals surface area contributed by atoms with Crippen LogP contribution in [0, 0.1) is 13.8 Å². The summed E-state index contributed by atoms with van der Waals surface area (Å²) in [5.74, 6) is 0.518. The van der Waals surface area contributed by atoms with Gasteiger partial charge >= 0.3 is 12.1 Å². The van der Waals surface area contributed by atoms with E-state index in [1.165, 1.54) is 28.5 Å². The zero-order valence-electron chi connectivity index (χ0n) is 26.0. The Bertz CT molecular complexity index is 1640. The number of hydrogen-bond donors (Lipinski definition) is 0. The monoisotopic (exact) mass is 600 g/mol. The maximum Gasteiger partial charge on any atom is 0.410 e. The molecule has 2 atom stereocenters. The Kier molecular flexibility index (Phi) is 8.79. The van der Waals surface area contributed by atoms with E-state index >= 15 is 0 Å². The molecule has 1 aliphatic heterocycles. The minimum absolute atomic E-state index is 0.0419. The molecular formula is C35H40N2O5S. The molecule has 0 bridgehead atoms. The van der Waals surface area contributed by atoms with Crippen LogP contribution in [0.2, 0.25) is 0 Å². The molecule has 0 aliphatic carbocycles. The second-order valence-corrected chi connectivity index (χ2v) is 13.4. The van der Waals surface area contributed by atoms with Gasteiger partial charge in [0.05, 0.1) is 25.3 Å². The van der Waals surface area contributed by atoms with Crippen molar-refractivity contribution in [1.82, 2.24) is 9.47 Å². The van der Waals surface area contributed by atoms with Gasteiger partial charge in [-0.25, -0.2) is 9.59 Å². The van der Waals surface area contributed by atoms with Crippen molar-refractivity contribution < 1.29 is 23.8 Å². The van der Waals surface area contributed by atoms with E-state index in [1.807, 2.05) is 55.6 Å². The van der Waals surface area contributed by atoms with Gasteiger partial charge in [-0.3, -0.25) is 0 Å². The van der Waals surface area contributed by atoms with Gasteiger partial charge in [0, 0.05) is 46.4 Å². The smallest absolute Gasteiger partial charge is 0.410 e. The number of nitrogens with zero attached hydrogens (tertiary/aromatic N) is 2. The highest BCUT2D eigenvalue weighted by molar-refractivity contribution is 8.00. The average molecular weight is 601 g/mol. The summed E-state index contributed by atoms with van der Waals surface area (Å²) in [6.45, 7) is 11.1. The fourth-order valence-electron chi connectivity index (χ4n) is 5.76. The fourth-order valence-corrected chi connectivity index (χ4v) is 7.16. The Hall–Kier alpha value is -3.91. The number of fused-ring (bicyclic) bond motifs is 1. The van der Waals surface area contributed by atoms with Crippen molar-refractivity contribution in [3.8, 4) is 11.4 Å². The van der Waals surface area contributed by atoms with Gasteiger partial charge in [-0.15, -0.1) is 11.8 Å². The molecule has 1 aliphatic rings. The quantitative estimate of drug-likeness (QED) is 0.209. The van der Waals surface area contributed by atoms with Gasteiger partial charge in [0.15, 0.2) is 0 Å². The van der Waals surface area contributed by atoms with Crippen LogP contribution in [0.1, 0.15) is 60.2 Å². The van der Waals surface area contributed by atoms with E-state index in [-0.39, 0.29) is 23.2 Å². The Morgan fingerprint density at radius 2 is 1.67 bits per heavy atom. The van der Waals surface area contributed by atoms with Crippen LogP contribution < -0.4 is 4.74 Å². The highest BCUT2D eigenvalue weighted by atomic mass is 32.2. The first-order valence-electron chi connectivity index (χ1n) is 14.6. The van der Waals surface area contributed by atoms with Crippen LogP contribution in [0.15, 0.2) is 71.8 Å². The minimum atomic E-state index is -0.566. The van der Waals surface area contributed by atoms with Gasteiger partial charge in [-0.1, -0.05) is 18.2 Å². The summed E-state index contributed by atoms with van der Waals surface area (Å²) in [6.07, 6.45) is 2.66. The van der Waals surface area contributed by atoms with E-state index in [0.29, 0.717) is 18.7 Å². The molecular weight excluding hydrogens is 560 g/mol. The number of carbonyl (C=O) groups is 2. The standard InChI is InChI=1S/C35H40N2O5S/c1-22-8-15-30(27-16-19-37(32(22)27)29-14-13-26(40-6)20-23(29)2)43-31-17-18-36(34(39)42-35(3,4)5)21-28(31)24-9-11-25(12-10-24)33(38)41-7/h8-16,19-20,28,31H,17-18,21H2,1-7H3. The van der Waals surface area contributed by atoms with Gasteiger partial charge in [-0.05, 0) is 100 Å². The number of piperidine rings is 1. The topological polar surface area (TPSA) is 70.0 Å². The van der Waals surface area contributed by atoms with Gasteiger partial charge in [0.2, 0.25) is 0 Å². The summed E-state index contributed by atoms with van der Waals surface area (Å²) < 4.78 is 18.3. The van der Waals surface area contributed by atoms with Crippen molar-refractivity contribution in [2.24, 2.45) is 0 Å². The number of benzene rings is 3. The molecule has 3 aromatic carbocycles. The number of amides is 1. The molecule has 7 nitrogen and oxygen atoms in total. The van der Waals surface area contributed by atoms with Crippen molar-refractivity contribution in [1.29, 1.82) is 0 Å². The molecule has 4 aromatic rings. The Balaban J connectivity index is 1.49. The van der Waals surface area contributed by atoms with E-state index in [4.69, 9.17) is 14.2 Å². The van der Waals surface area contributed by atoms with Crippen molar-refractivity contribution >= 4 is 34.7 Å². The molecule has 0 radical (unpaired) electrons. The van der Waals surface area contributed by atoms with E-state index in [2.05, 4.69) is 54.9 Å². The van der Waals surface area contributed by atoms with Gasteiger partial charge in [-0.2, -0.15) is 0 Å². The highest BCUT2D eigenvalue weighted by Crippen LogP contribution is 2.43. The van der Waals surface area contributed by atoms with Crippen LogP contribution in [-0.4, -0.2) is 59.7 Å². The number of thioether (sulfide) groups is 1. The lowest BCUT2D eigenvalue weighted by atomic mass is 9.89. The highest BCUT2D eigenvalue weighted by Gasteiger charge is 2.35. The molecule has 43 heavy (non-hydrogen) atoms. The molecule has 0 N–H and O–H groups in total. The molecule has 0 spiro atoms. The summed E-state index contributed by atoms with van der Waals surface area (Å²) in [5, 5.41) is 1.41. The second kappa shape index (κ2) is 12.4. The van der Waals surface area contributed by atoms with Crippen molar-refractivity contribution in [3.63, 3.8) is 0 Å². The number of methoxy groups -OCH3 is 2. The molecule has 2 unspecified atom stereocenters. The average Bonchev–Trinajstić information content (AvgIpc) is 3.43. The number of likely N-dealkylation sites (tertiary alicyclic amines) is 1. The van der Waals surface area contributed by atoms with E-state index in [9.17, 15) is 9.59 Å². The maximum absolute atomic E-state index is 13.1. The lowest BCUT2D eigenvalue weighted by Gasteiger charge is -2.39. The zero-order valence-corrected chi connectivity index (χ0v) is 26.8. The second-order valence-electron chi connectivity index (χ2n) is 12.1. The normalized spacial score (nSPS) is 17.1. The number of hydrogen-bond acceptors (Lipinski definition) is 6. The first kappa shape index (κ1) is 30.5. The lowest BCUT2D eigenvalue weighted by molar-refractivity contribution is 0.0202. The molecule has 226 valence electrons. The van der Waals surface area contributed by atoms with Crippen LogP contribution >= 0.6 is 11.8 Å². The third-order valence-corrected chi connectivity index (χ3v) is 9.39. The SMILES string of the molecule is COC(=O)c1ccc(C2CN(C(=O)OC(C)(C)C)CCC2Sc2ccc(C)c3c2ccn3-c2ccc(OC)cc2C)cc1. The summed E-state index contributed by atoms with van der Waals surface area (Å²) >= 11 is 1.86. The Labute approximate surface area is 258 Å². The largest absolute Gasteiger partial charge is 0.497 e. The van der Waals surface area contributed by atoms with E-state index in [1.54, 1.807) is 19.2 Å². The summed E-state index contributed by atoms with van der Waals surface area (Å²) in [7, 11) is 3.07. The van der Waals surface area contributed by atoms with Gasteiger partial charge in [0.25, 0.3) is 0 Å². The van der Waals surface area contributed by atoms with Crippen LogP contribution in [0.25, 0.3) is 16.6 Å². The predicted octanol–water partition coefficient (Wildman–Crippen LogP) is 7.93. The fraction of sp³-hybridized carbons (Fsp3) is 0.371. The number of esters is 1. The number of carbonyl (C=O) groups excluding carboxylic acids is 2. The minimum Gasteiger partial charge on any atom is -0.497 e. The third kappa shape index (κ3) is 6.54. The first-order chi connectivity index (χ1) is 20.5. The molecule has 2 heterocycles. The predicted molar refractivity (Wildman–Crippen MR) is 172 cm³/mol.